The molecule has 3 N–H and O–H groups in total. The average molecular weight is 627 g/mol. The maximum absolute atomic E-state index is 13.4. The molecule has 0 unspecified atom stereocenters. The Morgan fingerprint density at radius 3 is 2.54 bits per heavy atom. The fourth-order valence-corrected chi connectivity index (χ4v) is 6.60. The highest BCUT2D eigenvalue weighted by Crippen LogP contribution is 2.46. The summed E-state index contributed by atoms with van der Waals surface area (Å²) in [6.45, 7) is 4.18. The number of likely N-dealkylation sites (tertiary alicyclic amines) is 1. The molecule has 1 fully saturated rings. The highest BCUT2D eigenvalue weighted by atomic mass is 79.9. The molecule has 0 bridgehead atoms. The van der Waals surface area contributed by atoms with Crippen molar-refractivity contribution in [3.05, 3.63) is 75.3 Å². The third-order valence-electron chi connectivity index (χ3n) is 8.09. The number of amides is 2. The molecule has 1 heterocycles. The van der Waals surface area contributed by atoms with Crippen LogP contribution in [0.15, 0.2) is 69.7 Å². The minimum atomic E-state index is -0.929. The van der Waals surface area contributed by atoms with E-state index in [0.717, 1.165) is 28.5 Å². The van der Waals surface area contributed by atoms with Crippen LogP contribution in [0.1, 0.15) is 57.9 Å². The molecule has 2 aliphatic rings. The molecule has 4 atom stereocenters. The fraction of sp³-hybridized carbons (Fsp3) is 0.455. The molecular formula is C33H40BrNO6. The van der Waals surface area contributed by atoms with Crippen molar-refractivity contribution in [2.75, 3.05) is 19.8 Å². The number of hydrogen-bond acceptors (Lipinski definition) is 6. The van der Waals surface area contributed by atoms with Gasteiger partial charge in [0.05, 0.1) is 24.5 Å². The zero-order chi connectivity index (χ0) is 29.5. The van der Waals surface area contributed by atoms with Gasteiger partial charge in [-0.1, -0.05) is 66.0 Å². The number of halogens is 1. The van der Waals surface area contributed by atoms with Gasteiger partial charge < -0.3 is 20.1 Å². The second-order valence-corrected chi connectivity index (χ2v) is 11.8. The highest BCUT2D eigenvalue weighted by molar-refractivity contribution is 9.10. The number of imide groups is 1. The Balaban J connectivity index is 1.64. The molecule has 8 heteroatoms. The van der Waals surface area contributed by atoms with Gasteiger partial charge in [0.25, 0.3) is 0 Å². The van der Waals surface area contributed by atoms with Crippen molar-refractivity contribution in [3.8, 4) is 11.5 Å². The van der Waals surface area contributed by atoms with E-state index in [-0.39, 0.29) is 30.8 Å². The van der Waals surface area contributed by atoms with Crippen LogP contribution in [0.5, 0.6) is 11.5 Å². The molecule has 220 valence electrons. The largest absolute Gasteiger partial charge is 0.507 e. The quantitative estimate of drug-likeness (QED) is 0.190. The lowest BCUT2D eigenvalue weighted by Gasteiger charge is -2.36. The van der Waals surface area contributed by atoms with Gasteiger partial charge in [-0.25, -0.2) is 0 Å². The molecule has 2 amide bonds. The van der Waals surface area contributed by atoms with Crippen molar-refractivity contribution in [1.29, 1.82) is 0 Å². The Labute approximate surface area is 250 Å². The van der Waals surface area contributed by atoms with Crippen LogP contribution in [-0.2, 0) is 9.59 Å². The summed E-state index contributed by atoms with van der Waals surface area (Å²) in [6.07, 6.45) is 4.66. The van der Waals surface area contributed by atoms with E-state index in [1.807, 2.05) is 49.4 Å². The van der Waals surface area contributed by atoms with Gasteiger partial charge in [-0.05, 0) is 73.6 Å². The van der Waals surface area contributed by atoms with Crippen molar-refractivity contribution in [2.45, 2.75) is 58.5 Å². The van der Waals surface area contributed by atoms with E-state index in [4.69, 9.17) is 4.74 Å². The van der Waals surface area contributed by atoms with Crippen LogP contribution >= 0.6 is 15.9 Å². The van der Waals surface area contributed by atoms with E-state index in [2.05, 4.69) is 22.9 Å². The minimum Gasteiger partial charge on any atom is -0.507 e. The molecular weight excluding hydrogens is 586 g/mol. The lowest BCUT2D eigenvalue weighted by molar-refractivity contribution is -0.140. The van der Waals surface area contributed by atoms with Gasteiger partial charge in [-0.3, -0.25) is 14.5 Å². The topological polar surface area (TPSA) is 107 Å². The number of phenols is 1. The number of para-hydroxylation sites is 1. The van der Waals surface area contributed by atoms with Crippen LogP contribution in [0.25, 0.3) is 6.08 Å². The van der Waals surface area contributed by atoms with Crippen LogP contribution in [0.3, 0.4) is 0 Å². The summed E-state index contributed by atoms with van der Waals surface area (Å²) in [6, 6.07) is 14.6. The first-order valence-corrected chi connectivity index (χ1v) is 15.3. The Bertz CT molecular complexity index is 1290. The summed E-state index contributed by atoms with van der Waals surface area (Å²) in [5, 5.41) is 32.6. The van der Waals surface area contributed by atoms with Crippen LogP contribution in [0, 0.1) is 17.8 Å². The van der Waals surface area contributed by atoms with Crippen molar-refractivity contribution in [3.63, 3.8) is 0 Å². The molecule has 2 aromatic rings. The first kappa shape index (κ1) is 31.0. The molecule has 41 heavy (non-hydrogen) atoms. The number of fused-ring (bicyclic) bond motifs is 1. The van der Waals surface area contributed by atoms with Crippen LogP contribution < -0.4 is 4.74 Å². The van der Waals surface area contributed by atoms with E-state index in [1.54, 1.807) is 12.1 Å². The minimum absolute atomic E-state index is 0.162. The molecule has 0 radical (unpaired) electrons. The van der Waals surface area contributed by atoms with Crippen LogP contribution in [0.4, 0.5) is 0 Å². The van der Waals surface area contributed by atoms with Gasteiger partial charge in [0, 0.05) is 22.5 Å². The molecule has 2 aromatic carbocycles. The molecule has 7 nitrogen and oxygen atoms in total. The molecule has 0 saturated carbocycles. The predicted octanol–water partition coefficient (Wildman–Crippen LogP) is 5.88. The lowest BCUT2D eigenvalue weighted by atomic mass is 9.68. The lowest BCUT2D eigenvalue weighted by Crippen LogP contribution is -2.40. The number of hydrogen-bond donors (Lipinski definition) is 3. The van der Waals surface area contributed by atoms with E-state index in [1.165, 1.54) is 4.90 Å². The zero-order valence-corrected chi connectivity index (χ0v) is 25.3. The highest BCUT2D eigenvalue weighted by Gasteiger charge is 2.54. The number of aliphatic hydroxyl groups is 2. The summed E-state index contributed by atoms with van der Waals surface area (Å²) >= 11 is 3.46. The summed E-state index contributed by atoms with van der Waals surface area (Å²) in [5.41, 5.74) is 3.17. The number of nitrogens with zero attached hydrogens (tertiary/aromatic N) is 1. The Morgan fingerprint density at radius 1 is 1.10 bits per heavy atom. The van der Waals surface area contributed by atoms with E-state index >= 15 is 0 Å². The average Bonchev–Trinajstić information content (AvgIpc) is 3.21. The summed E-state index contributed by atoms with van der Waals surface area (Å²) in [7, 11) is 0. The SMILES string of the molecule is CCC/C(=C\c1cc(Br)ccc1O)CC[C@@H](O)C1=C(COc2ccccc2)C[C@H]2C(=O)N(CCC)C(=O)[C@H]2[C@H]1CO. The van der Waals surface area contributed by atoms with Crippen molar-refractivity contribution < 1.29 is 29.6 Å². The Hall–Kier alpha value is -2.94. The van der Waals surface area contributed by atoms with Gasteiger partial charge in [0.15, 0.2) is 0 Å². The molecule has 4 rings (SSSR count). The van der Waals surface area contributed by atoms with Gasteiger partial charge in [0.1, 0.15) is 18.1 Å². The second kappa shape index (κ2) is 14.3. The first-order valence-electron chi connectivity index (χ1n) is 14.5. The number of carbonyl (C=O) groups is 2. The number of carbonyl (C=O) groups excluding carboxylic acids is 2. The molecule has 0 aromatic heterocycles. The number of benzene rings is 2. The van der Waals surface area contributed by atoms with E-state index in [9.17, 15) is 24.9 Å². The van der Waals surface area contributed by atoms with Crippen LogP contribution in [0.2, 0.25) is 0 Å². The Morgan fingerprint density at radius 2 is 1.85 bits per heavy atom. The Kier molecular flexibility index (Phi) is 10.8. The summed E-state index contributed by atoms with van der Waals surface area (Å²) < 4.78 is 6.93. The third kappa shape index (κ3) is 7.11. The smallest absolute Gasteiger partial charge is 0.233 e. The maximum Gasteiger partial charge on any atom is 0.233 e. The van der Waals surface area contributed by atoms with Gasteiger partial charge >= 0.3 is 0 Å². The van der Waals surface area contributed by atoms with Gasteiger partial charge in [-0.15, -0.1) is 0 Å². The number of ether oxygens (including phenoxy) is 1. The fourth-order valence-electron chi connectivity index (χ4n) is 6.22. The van der Waals surface area contributed by atoms with Crippen molar-refractivity contribution >= 4 is 33.8 Å². The van der Waals surface area contributed by atoms with Crippen molar-refractivity contribution in [2.24, 2.45) is 17.8 Å². The number of aromatic hydroxyl groups is 1. The van der Waals surface area contributed by atoms with E-state index < -0.39 is 23.9 Å². The predicted molar refractivity (Wildman–Crippen MR) is 162 cm³/mol. The molecule has 0 spiro atoms. The number of allylic oxidation sites excluding steroid dienone is 1. The number of aliphatic hydroxyl groups excluding tert-OH is 2. The molecule has 1 aliphatic carbocycles. The number of phenolic OH excluding ortho intramolecular Hbond substituents is 1. The van der Waals surface area contributed by atoms with Gasteiger partial charge in [-0.2, -0.15) is 0 Å². The normalized spacial score (nSPS) is 21.8. The zero-order valence-electron chi connectivity index (χ0n) is 23.8. The standard InChI is InChI=1S/C33H40BrNO6/c1-3-8-21(16-22-17-24(34)12-14-28(22)37)11-13-29(38)30-23(20-41-25-9-6-5-7-10-25)18-26-31(27(30)19-36)33(40)35(15-4-2)32(26)39/h5-7,9-10,12,14,16-17,26-27,29,31,36-38H,3-4,8,11,13,15,18-20H2,1-2H3/b21-16+/t26-,27+,29-,31-/m1/s1. The third-order valence-corrected chi connectivity index (χ3v) is 8.59. The summed E-state index contributed by atoms with van der Waals surface area (Å²) in [5.74, 6) is -1.52. The molecule has 1 aliphatic heterocycles. The maximum atomic E-state index is 13.4. The molecule has 1 saturated heterocycles. The second-order valence-electron chi connectivity index (χ2n) is 10.9. The number of rotatable bonds is 13. The summed E-state index contributed by atoms with van der Waals surface area (Å²) in [4.78, 5) is 28.0. The first-order chi connectivity index (χ1) is 19.8. The van der Waals surface area contributed by atoms with Crippen molar-refractivity contribution in [1.82, 2.24) is 4.90 Å². The van der Waals surface area contributed by atoms with E-state index in [0.29, 0.717) is 49.1 Å². The van der Waals surface area contributed by atoms with Crippen LogP contribution in [-0.4, -0.2) is 57.9 Å². The van der Waals surface area contributed by atoms with Gasteiger partial charge in [0.2, 0.25) is 11.8 Å². The monoisotopic (exact) mass is 625 g/mol.